The third-order valence-electron chi connectivity index (χ3n) is 1.76. The van der Waals surface area contributed by atoms with Crippen molar-refractivity contribution in [1.29, 1.82) is 0 Å². The molecule has 13 heavy (non-hydrogen) atoms. The summed E-state index contributed by atoms with van der Waals surface area (Å²) >= 11 is 0. The van der Waals surface area contributed by atoms with E-state index < -0.39 is 17.3 Å². The summed E-state index contributed by atoms with van der Waals surface area (Å²) in [5, 5.41) is 3.25. The van der Waals surface area contributed by atoms with E-state index in [1.807, 2.05) is 0 Å². The van der Waals surface area contributed by atoms with Crippen molar-refractivity contribution in [2.75, 3.05) is 0 Å². The normalized spacial score (nSPS) is 10.9. The lowest BCUT2D eigenvalue weighted by Gasteiger charge is -2.07. The van der Waals surface area contributed by atoms with E-state index >= 15 is 0 Å². The first-order valence-electron chi connectivity index (χ1n) is 3.87. The molecular weight excluding hydrogens is 178 g/mol. The quantitative estimate of drug-likeness (QED) is 0.663. The molecular formula is C8H10F2N2O. The molecule has 1 aromatic rings. The van der Waals surface area contributed by atoms with Crippen LogP contribution in [-0.4, -0.2) is 9.78 Å². The van der Waals surface area contributed by atoms with Crippen molar-refractivity contribution in [3.05, 3.63) is 27.7 Å². The summed E-state index contributed by atoms with van der Waals surface area (Å²) in [5.74, 6) is -2.36. The fraction of sp³-hybridized carbons (Fsp3) is 0.500. The number of aryl methyl sites for hydroxylation is 1. The number of hydrogen-bond donors (Lipinski definition) is 0. The Kier molecular flexibility index (Phi) is 2.45. The predicted molar refractivity (Wildman–Crippen MR) is 43.5 cm³/mol. The number of aromatic nitrogens is 2. The fourth-order valence-electron chi connectivity index (χ4n) is 1.07. The summed E-state index contributed by atoms with van der Waals surface area (Å²) < 4.78 is 26.8. The zero-order valence-corrected chi connectivity index (χ0v) is 7.64. The fourth-order valence-corrected chi connectivity index (χ4v) is 1.07. The number of nitrogens with zero attached hydrogens (tertiary/aromatic N) is 2. The van der Waals surface area contributed by atoms with Gasteiger partial charge in [-0.1, -0.05) is 13.8 Å². The van der Waals surface area contributed by atoms with Gasteiger partial charge in [-0.3, -0.25) is 4.79 Å². The van der Waals surface area contributed by atoms with Gasteiger partial charge in [0.1, 0.15) is 0 Å². The van der Waals surface area contributed by atoms with E-state index in [4.69, 9.17) is 0 Å². The SMILES string of the molecule is CC(C)c1c(F)nn(C)c(=O)c1F. The van der Waals surface area contributed by atoms with Gasteiger partial charge in [0.25, 0.3) is 0 Å². The third kappa shape index (κ3) is 1.59. The van der Waals surface area contributed by atoms with Crippen molar-refractivity contribution in [3.63, 3.8) is 0 Å². The van der Waals surface area contributed by atoms with Crippen LogP contribution < -0.4 is 5.56 Å². The molecule has 0 aliphatic carbocycles. The minimum Gasteiger partial charge on any atom is -0.264 e. The Bertz CT molecular complexity index is 384. The van der Waals surface area contributed by atoms with Crippen molar-refractivity contribution < 1.29 is 8.78 Å². The van der Waals surface area contributed by atoms with E-state index in [1.165, 1.54) is 7.05 Å². The number of halogens is 2. The molecule has 0 amide bonds. The molecule has 72 valence electrons. The Labute approximate surface area is 74.0 Å². The van der Waals surface area contributed by atoms with Gasteiger partial charge in [-0.05, 0) is 5.92 Å². The maximum Gasteiger partial charge on any atom is 0.302 e. The first kappa shape index (κ1) is 9.83. The molecule has 1 heterocycles. The number of rotatable bonds is 1. The Morgan fingerprint density at radius 1 is 1.38 bits per heavy atom. The molecule has 0 aliphatic rings. The van der Waals surface area contributed by atoms with Gasteiger partial charge in [0.2, 0.25) is 5.95 Å². The molecule has 0 aromatic carbocycles. The van der Waals surface area contributed by atoms with E-state index in [1.54, 1.807) is 13.8 Å². The molecule has 0 unspecified atom stereocenters. The summed E-state index contributed by atoms with van der Waals surface area (Å²) in [6, 6.07) is 0. The van der Waals surface area contributed by atoms with Crippen LogP contribution >= 0.6 is 0 Å². The van der Waals surface area contributed by atoms with E-state index in [-0.39, 0.29) is 11.5 Å². The van der Waals surface area contributed by atoms with Crippen LogP contribution in [0.2, 0.25) is 0 Å². The van der Waals surface area contributed by atoms with Crippen LogP contribution in [0.25, 0.3) is 0 Å². The van der Waals surface area contributed by atoms with Crippen molar-refractivity contribution in [2.24, 2.45) is 7.05 Å². The zero-order chi connectivity index (χ0) is 10.2. The summed E-state index contributed by atoms with van der Waals surface area (Å²) in [5.41, 5.74) is -1.15. The first-order valence-corrected chi connectivity index (χ1v) is 3.87. The highest BCUT2D eigenvalue weighted by Crippen LogP contribution is 2.17. The van der Waals surface area contributed by atoms with E-state index in [0.717, 1.165) is 0 Å². The van der Waals surface area contributed by atoms with Gasteiger partial charge in [-0.2, -0.15) is 4.39 Å². The van der Waals surface area contributed by atoms with Crippen LogP contribution in [-0.2, 0) is 7.05 Å². The maximum atomic E-state index is 13.2. The van der Waals surface area contributed by atoms with E-state index in [2.05, 4.69) is 5.10 Å². The zero-order valence-electron chi connectivity index (χ0n) is 7.64. The van der Waals surface area contributed by atoms with Crippen LogP contribution in [0.5, 0.6) is 0 Å². The Morgan fingerprint density at radius 2 is 1.92 bits per heavy atom. The average Bonchev–Trinajstić information content (AvgIpc) is 1.99. The molecule has 0 fully saturated rings. The lowest BCUT2D eigenvalue weighted by Crippen LogP contribution is -2.26. The largest absolute Gasteiger partial charge is 0.302 e. The summed E-state index contributed by atoms with van der Waals surface area (Å²) in [7, 11) is 1.21. The number of hydrogen-bond acceptors (Lipinski definition) is 2. The molecule has 1 rings (SSSR count). The van der Waals surface area contributed by atoms with Crippen LogP contribution in [0.1, 0.15) is 25.3 Å². The van der Waals surface area contributed by atoms with Gasteiger partial charge >= 0.3 is 5.56 Å². The molecule has 0 N–H and O–H groups in total. The molecule has 5 heteroatoms. The summed E-state index contributed by atoms with van der Waals surface area (Å²) in [4.78, 5) is 11.0. The molecule has 0 bridgehead atoms. The van der Waals surface area contributed by atoms with Crippen LogP contribution in [0.3, 0.4) is 0 Å². The molecule has 0 radical (unpaired) electrons. The van der Waals surface area contributed by atoms with Crippen molar-refractivity contribution in [1.82, 2.24) is 9.78 Å². The minimum absolute atomic E-state index is 0.247. The predicted octanol–water partition coefficient (Wildman–Crippen LogP) is 1.18. The van der Waals surface area contributed by atoms with Crippen molar-refractivity contribution >= 4 is 0 Å². The summed E-state index contributed by atoms with van der Waals surface area (Å²) in [6.45, 7) is 3.20. The molecule has 0 saturated carbocycles. The minimum atomic E-state index is -1.05. The molecule has 0 atom stereocenters. The highest BCUT2D eigenvalue weighted by Gasteiger charge is 2.18. The standard InChI is InChI=1S/C8H10F2N2O/c1-4(2)5-6(9)8(13)12(3)11-7(5)10/h4H,1-3H3. The second-order valence-corrected chi connectivity index (χ2v) is 3.10. The highest BCUT2D eigenvalue weighted by molar-refractivity contribution is 5.15. The third-order valence-corrected chi connectivity index (χ3v) is 1.76. The van der Waals surface area contributed by atoms with Crippen LogP contribution in [0.15, 0.2) is 4.79 Å². The van der Waals surface area contributed by atoms with Crippen LogP contribution in [0, 0.1) is 11.8 Å². The van der Waals surface area contributed by atoms with Gasteiger partial charge in [0.15, 0.2) is 5.82 Å². The lowest BCUT2D eigenvalue weighted by molar-refractivity contribution is 0.450. The Morgan fingerprint density at radius 3 is 2.38 bits per heavy atom. The monoisotopic (exact) mass is 188 g/mol. The van der Waals surface area contributed by atoms with E-state index in [9.17, 15) is 13.6 Å². The van der Waals surface area contributed by atoms with Gasteiger partial charge in [0, 0.05) is 7.05 Å². The second-order valence-electron chi connectivity index (χ2n) is 3.10. The molecule has 0 aliphatic heterocycles. The molecule has 1 aromatic heterocycles. The van der Waals surface area contributed by atoms with Gasteiger partial charge in [0.05, 0.1) is 5.56 Å². The van der Waals surface area contributed by atoms with E-state index in [0.29, 0.717) is 4.68 Å². The smallest absolute Gasteiger partial charge is 0.264 e. The maximum absolute atomic E-state index is 13.2. The van der Waals surface area contributed by atoms with Gasteiger partial charge in [-0.15, -0.1) is 5.10 Å². The van der Waals surface area contributed by atoms with Crippen molar-refractivity contribution in [2.45, 2.75) is 19.8 Å². The lowest BCUT2D eigenvalue weighted by atomic mass is 10.1. The van der Waals surface area contributed by atoms with Crippen molar-refractivity contribution in [3.8, 4) is 0 Å². The Balaban J connectivity index is 3.53. The highest BCUT2D eigenvalue weighted by atomic mass is 19.1. The van der Waals surface area contributed by atoms with Gasteiger partial charge < -0.3 is 0 Å². The second kappa shape index (κ2) is 3.24. The van der Waals surface area contributed by atoms with Gasteiger partial charge in [-0.25, -0.2) is 9.07 Å². The van der Waals surface area contributed by atoms with Crippen LogP contribution in [0.4, 0.5) is 8.78 Å². The average molecular weight is 188 g/mol. The summed E-state index contributed by atoms with van der Waals surface area (Å²) in [6.07, 6.45) is 0. The molecule has 0 saturated heterocycles. The Hall–Kier alpha value is -1.26. The molecule has 0 spiro atoms. The molecule has 3 nitrogen and oxygen atoms in total. The topological polar surface area (TPSA) is 34.9 Å². The first-order chi connectivity index (χ1) is 5.95.